The number of hydrazone groups is 1. The molecule has 0 aliphatic carbocycles. The van der Waals surface area contributed by atoms with Gasteiger partial charge in [0.1, 0.15) is 5.75 Å². The number of carbonyl (C=O) groups excluding carboxylic acids is 1. The molecular formula is C14H14BrN3O2. The van der Waals surface area contributed by atoms with Gasteiger partial charge in [-0.3, -0.25) is 4.79 Å². The van der Waals surface area contributed by atoms with Crippen LogP contribution in [-0.4, -0.2) is 23.3 Å². The van der Waals surface area contributed by atoms with Crippen molar-refractivity contribution in [3.05, 3.63) is 52.8 Å². The highest BCUT2D eigenvalue weighted by Crippen LogP contribution is 2.17. The van der Waals surface area contributed by atoms with Gasteiger partial charge in [-0.15, -0.1) is 0 Å². The number of rotatable bonds is 5. The van der Waals surface area contributed by atoms with E-state index in [1.807, 2.05) is 42.1 Å². The molecule has 0 fully saturated rings. The number of halogens is 1. The minimum atomic E-state index is -0.310. The number of carbonyl (C=O) groups is 1. The molecule has 5 nitrogen and oxygen atoms in total. The molecule has 2 rings (SSSR count). The van der Waals surface area contributed by atoms with Crippen LogP contribution in [0.15, 0.2) is 52.2 Å². The fourth-order valence-electron chi connectivity index (χ4n) is 1.52. The third-order valence-electron chi connectivity index (χ3n) is 2.54. The molecule has 1 aromatic carbocycles. The van der Waals surface area contributed by atoms with Crippen LogP contribution in [0.5, 0.6) is 5.75 Å². The van der Waals surface area contributed by atoms with Gasteiger partial charge in [-0.1, -0.05) is 22.0 Å². The summed E-state index contributed by atoms with van der Waals surface area (Å²) in [7, 11) is 1.90. The molecule has 0 radical (unpaired) electrons. The lowest BCUT2D eigenvalue weighted by Crippen LogP contribution is -2.24. The molecule has 6 heteroatoms. The van der Waals surface area contributed by atoms with Gasteiger partial charge in [0, 0.05) is 17.7 Å². The van der Waals surface area contributed by atoms with Crippen LogP contribution >= 0.6 is 15.9 Å². The maximum Gasteiger partial charge on any atom is 0.277 e. The molecule has 0 unspecified atom stereocenters. The second kappa shape index (κ2) is 6.91. The van der Waals surface area contributed by atoms with Crippen molar-refractivity contribution in [3.63, 3.8) is 0 Å². The summed E-state index contributed by atoms with van der Waals surface area (Å²) in [6.45, 7) is -0.0824. The number of hydrogen-bond acceptors (Lipinski definition) is 3. The highest BCUT2D eigenvalue weighted by molar-refractivity contribution is 9.10. The Morgan fingerprint density at radius 3 is 3.00 bits per heavy atom. The third kappa shape index (κ3) is 4.24. The van der Waals surface area contributed by atoms with E-state index >= 15 is 0 Å². The molecule has 0 aliphatic rings. The van der Waals surface area contributed by atoms with Crippen molar-refractivity contribution in [2.75, 3.05) is 6.61 Å². The molecule has 104 valence electrons. The molecule has 1 amide bonds. The van der Waals surface area contributed by atoms with Crippen molar-refractivity contribution < 1.29 is 9.53 Å². The molecule has 0 aliphatic heterocycles. The van der Waals surface area contributed by atoms with E-state index in [2.05, 4.69) is 26.5 Å². The highest BCUT2D eigenvalue weighted by Gasteiger charge is 2.01. The van der Waals surface area contributed by atoms with Gasteiger partial charge in [0.05, 0.1) is 11.9 Å². The van der Waals surface area contributed by atoms with Gasteiger partial charge < -0.3 is 9.30 Å². The van der Waals surface area contributed by atoms with Crippen molar-refractivity contribution in [2.24, 2.45) is 12.1 Å². The van der Waals surface area contributed by atoms with Crippen molar-refractivity contribution in [1.29, 1.82) is 0 Å². The summed E-state index contributed by atoms with van der Waals surface area (Å²) in [6, 6.07) is 11.1. The lowest BCUT2D eigenvalue weighted by atomic mass is 10.3. The Labute approximate surface area is 125 Å². The minimum absolute atomic E-state index is 0.0824. The smallest absolute Gasteiger partial charge is 0.277 e. The molecule has 0 spiro atoms. The molecular weight excluding hydrogens is 322 g/mol. The molecule has 0 saturated heterocycles. The van der Waals surface area contributed by atoms with Gasteiger partial charge in [-0.2, -0.15) is 5.10 Å². The molecule has 2 aromatic rings. The van der Waals surface area contributed by atoms with Crippen LogP contribution in [0, 0.1) is 0 Å². The molecule has 0 saturated carbocycles. The van der Waals surface area contributed by atoms with Crippen LogP contribution in [0.1, 0.15) is 5.69 Å². The van der Waals surface area contributed by atoms with Crippen LogP contribution in [-0.2, 0) is 11.8 Å². The summed E-state index contributed by atoms with van der Waals surface area (Å²) < 4.78 is 8.14. The van der Waals surface area contributed by atoms with E-state index in [0.717, 1.165) is 10.2 Å². The second-order valence-corrected chi connectivity index (χ2v) is 5.00. The van der Waals surface area contributed by atoms with Crippen LogP contribution in [0.4, 0.5) is 0 Å². The Bertz CT molecular complexity index is 622. The first-order valence-corrected chi connectivity index (χ1v) is 6.76. The lowest BCUT2D eigenvalue weighted by molar-refractivity contribution is -0.123. The topological polar surface area (TPSA) is 55.6 Å². The summed E-state index contributed by atoms with van der Waals surface area (Å²) >= 11 is 3.33. The van der Waals surface area contributed by atoms with Gasteiger partial charge in [0.15, 0.2) is 6.61 Å². The summed E-state index contributed by atoms with van der Waals surface area (Å²) in [6.07, 6.45) is 3.48. The number of benzene rings is 1. The van der Waals surface area contributed by atoms with E-state index in [1.165, 1.54) is 0 Å². The average Bonchev–Trinajstić information content (AvgIpc) is 2.82. The van der Waals surface area contributed by atoms with Crippen LogP contribution in [0.2, 0.25) is 0 Å². The van der Waals surface area contributed by atoms with Crippen LogP contribution in [0.3, 0.4) is 0 Å². The molecule has 1 N–H and O–H groups in total. The van der Waals surface area contributed by atoms with Crippen molar-refractivity contribution >= 4 is 28.1 Å². The van der Waals surface area contributed by atoms with Gasteiger partial charge in [-0.05, 0) is 30.3 Å². The fraction of sp³-hybridized carbons (Fsp3) is 0.143. The Kier molecular flexibility index (Phi) is 4.95. The van der Waals surface area contributed by atoms with E-state index in [1.54, 1.807) is 18.3 Å². The monoisotopic (exact) mass is 335 g/mol. The van der Waals surface area contributed by atoms with E-state index in [-0.39, 0.29) is 12.5 Å². The zero-order valence-electron chi connectivity index (χ0n) is 10.9. The summed E-state index contributed by atoms with van der Waals surface area (Å²) in [5.41, 5.74) is 3.31. The van der Waals surface area contributed by atoms with Gasteiger partial charge >= 0.3 is 0 Å². The SMILES string of the molecule is Cn1cccc1/C=N/NC(=O)COc1cccc(Br)c1. The van der Waals surface area contributed by atoms with Crippen molar-refractivity contribution in [3.8, 4) is 5.75 Å². The van der Waals surface area contributed by atoms with Crippen LogP contribution in [0.25, 0.3) is 0 Å². The Morgan fingerprint density at radius 2 is 2.30 bits per heavy atom. The molecule has 1 heterocycles. The van der Waals surface area contributed by atoms with E-state index in [4.69, 9.17) is 4.74 Å². The first-order valence-electron chi connectivity index (χ1n) is 5.97. The van der Waals surface area contributed by atoms with Gasteiger partial charge in [-0.25, -0.2) is 5.43 Å². The highest BCUT2D eigenvalue weighted by atomic mass is 79.9. The largest absolute Gasteiger partial charge is 0.484 e. The van der Waals surface area contributed by atoms with Crippen molar-refractivity contribution in [2.45, 2.75) is 0 Å². The minimum Gasteiger partial charge on any atom is -0.484 e. The molecule has 0 atom stereocenters. The number of aryl methyl sites for hydroxylation is 1. The van der Waals surface area contributed by atoms with Crippen molar-refractivity contribution in [1.82, 2.24) is 9.99 Å². The fourth-order valence-corrected chi connectivity index (χ4v) is 1.90. The maximum absolute atomic E-state index is 11.5. The predicted octanol–water partition coefficient (Wildman–Crippen LogP) is 2.32. The summed E-state index contributed by atoms with van der Waals surface area (Å²) in [5.74, 6) is 0.316. The number of amides is 1. The van der Waals surface area contributed by atoms with Gasteiger partial charge in [0.25, 0.3) is 5.91 Å². The summed E-state index contributed by atoms with van der Waals surface area (Å²) in [4.78, 5) is 11.5. The van der Waals surface area contributed by atoms with E-state index in [0.29, 0.717) is 5.75 Å². The maximum atomic E-state index is 11.5. The summed E-state index contributed by atoms with van der Waals surface area (Å²) in [5, 5.41) is 3.87. The number of nitrogens with zero attached hydrogens (tertiary/aromatic N) is 2. The average molecular weight is 336 g/mol. The number of hydrogen-bond donors (Lipinski definition) is 1. The normalized spacial score (nSPS) is 10.7. The molecule has 1 aromatic heterocycles. The predicted molar refractivity (Wildman–Crippen MR) is 80.8 cm³/mol. The molecule has 0 bridgehead atoms. The lowest BCUT2D eigenvalue weighted by Gasteiger charge is -2.05. The van der Waals surface area contributed by atoms with E-state index in [9.17, 15) is 4.79 Å². The second-order valence-electron chi connectivity index (χ2n) is 4.08. The molecule has 20 heavy (non-hydrogen) atoms. The third-order valence-corrected chi connectivity index (χ3v) is 3.03. The van der Waals surface area contributed by atoms with E-state index < -0.39 is 0 Å². The number of ether oxygens (including phenoxy) is 1. The standard InChI is InChI=1S/C14H14BrN3O2/c1-18-7-3-5-12(18)9-16-17-14(19)10-20-13-6-2-4-11(15)8-13/h2-9H,10H2,1H3,(H,17,19)/b16-9+. The zero-order chi connectivity index (χ0) is 14.4. The Balaban J connectivity index is 1.79. The number of aromatic nitrogens is 1. The number of nitrogens with one attached hydrogen (secondary N) is 1. The van der Waals surface area contributed by atoms with Gasteiger partial charge in [0.2, 0.25) is 0 Å². The quantitative estimate of drug-likeness (QED) is 0.673. The van der Waals surface area contributed by atoms with Crippen LogP contribution < -0.4 is 10.2 Å². The first kappa shape index (κ1) is 14.3. The Hall–Kier alpha value is -2.08. The first-order chi connectivity index (χ1) is 9.65. The Morgan fingerprint density at radius 1 is 1.45 bits per heavy atom. The zero-order valence-corrected chi connectivity index (χ0v) is 12.5.